The maximum absolute atomic E-state index is 13.9. The number of benzene rings is 1. The molecule has 2 aliphatic heterocycles. The third kappa shape index (κ3) is 3.94. The van der Waals surface area contributed by atoms with Gasteiger partial charge in [-0.25, -0.2) is 4.79 Å². The third-order valence-corrected chi connectivity index (χ3v) is 12.0. The Balaban J connectivity index is 1.44. The highest BCUT2D eigenvalue weighted by Gasteiger charge is 2.77. The number of hydrogen-bond acceptors (Lipinski definition) is 9. The smallest absolute Gasteiger partial charge is 0.338 e. The van der Waals surface area contributed by atoms with Crippen LogP contribution < -0.4 is 0 Å². The molecule has 2 saturated carbocycles. The molecule has 44 heavy (non-hydrogen) atoms. The van der Waals surface area contributed by atoms with E-state index >= 15 is 0 Å². The first-order valence-corrected chi connectivity index (χ1v) is 15.6. The van der Waals surface area contributed by atoms with E-state index in [1.165, 1.54) is 6.92 Å². The summed E-state index contributed by atoms with van der Waals surface area (Å²) in [4.78, 5) is 39.8. The molecule has 1 N–H and O–H groups in total. The maximum atomic E-state index is 13.9. The molecule has 1 aromatic heterocycles. The van der Waals surface area contributed by atoms with Crippen LogP contribution in [0.2, 0.25) is 0 Å². The van der Waals surface area contributed by atoms with E-state index in [1.807, 2.05) is 26.0 Å². The number of carbonyl (C=O) groups is 3. The van der Waals surface area contributed by atoms with Crippen LogP contribution in [0.3, 0.4) is 0 Å². The summed E-state index contributed by atoms with van der Waals surface area (Å²) in [5.74, 6) is -2.16. The molecule has 0 bridgehead atoms. The van der Waals surface area contributed by atoms with E-state index in [1.54, 1.807) is 36.8 Å². The van der Waals surface area contributed by atoms with Gasteiger partial charge < -0.3 is 28.5 Å². The standard InChI is InChI=1S/C35H40O9/c1-18-22(21-11-12-40-16-21)13-23-28(18)35(5)24(14-27(38)43-23)34(4)25(37)15-26(42-19(2)36)33(3)17-41-29(30(33)34)31(35)44-32(39)20-9-7-6-8-10-20/h6-12,16,22-26,29-31,37H,13-15,17H2,1-5H3/t22-,23?,24-,25+,26-,29-,30+,31-,33-,34+,35-/m1/s1. The van der Waals surface area contributed by atoms with Gasteiger partial charge in [-0.15, -0.1) is 0 Å². The summed E-state index contributed by atoms with van der Waals surface area (Å²) in [7, 11) is 0. The molecule has 11 atom stereocenters. The van der Waals surface area contributed by atoms with Gasteiger partial charge in [-0.05, 0) is 48.6 Å². The van der Waals surface area contributed by atoms with E-state index in [0.29, 0.717) is 12.0 Å². The van der Waals surface area contributed by atoms with Gasteiger partial charge in [0.25, 0.3) is 0 Å². The number of aliphatic hydroxyl groups excluding tert-OH is 1. The molecule has 0 amide bonds. The van der Waals surface area contributed by atoms with Crippen LogP contribution in [0, 0.1) is 28.1 Å². The Morgan fingerprint density at radius 2 is 1.80 bits per heavy atom. The van der Waals surface area contributed by atoms with E-state index in [-0.39, 0.29) is 37.3 Å². The Morgan fingerprint density at radius 3 is 2.48 bits per heavy atom. The molecular weight excluding hydrogens is 564 g/mol. The number of hydrogen-bond donors (Lipinski definition) is 1. The number of allylic oxidation sites excluding steroid dienone is 1. The van der Waals surface area contributed by atoms with Crippen molar-refractivity contribution in [3.8, 4) is 0 Å². The van der Waals surface area contributed by atoms with Crippen molar-refractivity contribution in [2.45, 2.75) is 90.3 Å². The van der Waals surface area contributed by atoms with Gasteiger partial charge in [0.1, 0.15) is 18.3 Å². The fraction of sp³-hybridized carbons (Fsp3) is 0.571. The minimum Gasteiger partial charge on any atom is -0.472 e. The monoisotopic (exact) mass is 604 g/mol. The van der Waals surface area contributed by atoms with Gasteiger partial charge in [0.15, 0.2) is 0 Å². The predicted octanol–water partition coefficient (Wildman–Crippen LogP) is 4.98. The van der Waals surface area contributed by atoms with Gasteiger partial charge >= 0.3 is 17.9 Å². The Labute approximate surface area is 256 Å². The molecule has 5 aliphatic rings. The molecule has 1 aromatic carbocycles. The first kappa shape index (κ1) is 29.3. The number of carbonyl (C=O) groups excluding carboxylic acids is 3. The van der Waals surface area contributed by atoms with Gasteiger partial charge in [0, 0.05) is 47.8 Å². The second kappa shape index (κ2) is 10.0. The van der Waals surface area contributed by atoms with Gasteiger partial charge in [-0.2, -0.15) is 0 Å². The van der Waals surface area contributed by atoms with E-state index < -0.39 is 64.6 Å². The number of ether oxygens (including phenoxy) is 4. The average molecular weight is 605 g/mol. The molecule has 3 aliphatic carbocycles. The second-order valence-electron chi connectivity index (χ2n) is 14.1. The van der Waals surface area contributed by atoms with Crippen molar-refractivity contribution in [2.24, 2.45) is 28.1 Å². The number of fused-ring (bicyclic) bond motifs is 4. The summed E-state index contributed by atoms with van der Waals surface area (Å²) in [5.41, 5.74) is 0.906. The Hall–Kier alpha value is -3.43. The summed E-state index contributed by atoms with van der Waals surface area (Å²) in [5, 5.41) is 12.1. The van der Waals surface area contributed by atoms with Crippen LogP contribution in [0.25, 0.3) is 0 Å². The van der Waals surface area contributed by atoms with E-state index in [9.17, 15) is 19.5 Å². The third-order valence-electron chi connectivity index (χ3n) is 12.0. The molecule has 234 valence electrons. The summed E-state index contributed by atoms with van der Waals surface area (Å²) in [6, 6.07) is 10.8. The van der Waals surface area contributed by atoms with Crippen LogP contribution in [-0.4, -0.2) is 60.1 Å². The topological polar surface area (TPSA) is 122 Å². The highest BCUT2D eigenvalue weighted by atomic mass is 16.6. The minimum absolute atomic E-state index is 0.0463. The zero-order valence-corrected chi connectivity index (χ0v) is 25.8. The predicted molar refractivity (Wildman–Crippen MR) is 156 cm³/mol. The van der Waals surface area contributed by atoms with Crippen molar-refractivity contribution in [1.82, 2.24) is 0 Å². The Morgan fingerprint density at radius 1 is 1.05 bits per heavy atom. The van der Waals surface area contributed by atoms with E-state index in [2.05, 4.69) is 13.8 Å². The molecule has 1 unspecified atom stereocenters. The number of esters is 3. The zero-order chi connectivity index (χ0) is 31.2. The molecule has 2 saturated heterocycles. The molecule has 2 aromatic rings. The van der Waals surface area contributed by atoms with Crippen molar-refractivity contribution in [3.63, 3.8) is 0 Å². The van der Waals surface area contributed by atoms with Crippen molar-refractivity contribution in [2.75, 3.05) is 6.61 Å². The number of aliphatic hydroxyl groups is 1. The highest BCUT2D eigenvalue weighted by Crippen LogP contribution is 2.72. The first-order valence-electron chi connectivity index (χ1n) is 15.6. The van der Waals surface area contributed by atoms with Gasteiger partial charge in [-0.1, -0.05) is 44.5 Å². The van der Waals surface area contributed by atoms with Crippen molar-refractivity contribution >= 4 is 17.9 Å². The van der Waals surface area contributed by atoms with Crippen LogP contribution in [0.4, 0.5) is 0 Å². The lowest BCUT2D eigenvalue weighted by molar-refractivity contribution is -0.248. The number of rotatable bonds is 4. The number of furan rings is 1. The lowest BCUT2D eigenvalue weighted by atomic mass is 9.39. The van der Waals surface area contributed by atoms with Gasteiger partial charge in [0.05, 0.1) is 36.9 Å². The normalized spacial score (nSPS) is 42.5. The lowest BCUT2D eigenvalue weighted by Gasteiger charge is -2.65. The van der Waals surface area contributed by atoms with Crippen LogP contribution in [0.15, 0.2) is 64.5 Å². The second-order valence-corrected chi connectivity index (χ2v) is 14.1. The minimum atomic E-state index is -0.930. The van der Waals surface area contributed by atoms with Crippen molar-refractivity contribution in [3.05, 3.63) is 71.2 Å². The fourth-order valence-electron chi connectivity index (χ4n) is 10.2. The molecule has 9 heteroatoms. The molecule has 4 fully saturated rings. The molecule has 0 spiro atoms. The molecule has 9 nitrogen and oxygen atoms in total. The Bertz CT molecular complexity index is 1510. The van der Waals surface area contributed by atoms with Crippen molar-refractivity contribution in [1.29, 1.82) is 0 Å². The van der Waals surface area contributed by atoms with E-state index in [4.69, 9.17) is 23.4 Å². The van der Waals surface area contributed by atoms with Crippen molar-refractivity contribution < 1.29 is 42.9 Å². The SMILES string of the molecule is CC(=O)O[C@@H]1C[C@H](O)[C@@]2(C)[C@H]3[C@@H](OC[C@]13C)[C@@H](OC(=O)c1ccccc1)[C@@]1(C)C3=C(C)[C@H](c4ccoc4)CC3OC(=O)C[C@@H]12. The summed E-state index contributed by atoms with van der Waals surface area (Å²) < 4.78 is 30.7. The zero-order valence-electron chi connectivity index (χ0n) is 25.8. The van der Waals surface area contributed by atoms with Crippen LogP contribution in [0.1, 0.15) is 75.7 Å². The van der Waals surface area contributed by atoms with Gasteiger partial charge in [0.2, 0.25) is 0 Å². The maximum Gasteiger partial charge on any atom is 0.338 e. The Kier molecular flexibility index (Phi) is 6.68. The van der Waals surface area contributed by atoms with E-state index in [0.717, 1.165) is 16.7 Å². The van der Waals surface area contributed by atoms with Crippen LogP contribution in [0.5, 0.6) is 0 Å². The summed E-state index contributed by atoms with van der Waals surface area (Å²) >= 11 is 0. The fourth-order valence-corrected chi connectivity index (χ4v) is 10.2. The molecule has 3 heterocycles. The van der Waals surface area contributed by atoms with Crippen LogP contribution >= 0.6 is 0 Å². The summed E-state index contributed by atoms with van der Waals surface area (Å²) in [6.07, 6.45) is 0.683. The average Bonchev–Trinajstić information content (AvgIpc) is 3.69. The molecule has 7 rings (SSSR count). The van der Waals surface area contributed by atoms with Gasteiger partial charge in [-0.3, -0.25) is 9.59 Å². The lowest BCUT2D eigenvalue weighted by Crippen LogP contribution is -2.71. The highest BCUT2D eigenvalue weighted by molar-refractivity contribution is 5.89. The summed E-state index contributed by atoms with van der Waals surface area (Å²) in [6.45, 7) is 9.82. The largest absolute Gasteiger partial charge is 0.472 e. The molecule has 0 radical (unpaired) electrons. The molecular formula is C35H40O9. The van der Waals surface area contributed by atoms with Crippen LogP contribution in [-0.2, 0) is 28.5 Å². The quantitative estimate of drug-likeness (QED) is 0.292. The first-order chi connectivity index (χ1) is 20.9.